The summed E-state index contributed by atoms with van der Waals surface area (Å²) >= 11 is 1.39. The van der Waals surface area contributed by atoms with Crippen molar-refractivity contribution >= 4 is 11.3 Å². The molecule has 1 N–H and O–H groups in total. The lowest BCUT2D eigenvalue weighted by Crippen LogP contribution is -2.13. The fraction of sp³-hybridized carbons (Fsp3) is 0.125. The van der Waals surface area contributed by atoms with Crippen LogP contribution in [0.2, 0.25) is 0 Å². The van der Waals surface area contributed by atoms with Gasteiger partial charge >= 0.3 is 0 Å². The molecule has 0 bridgehead atoms. The van der Waals surface area contributed by atoms with E-state index in [4.69, 9.17) is 5.41 Å². The predicted molar refractivity (Wildman–Crippen MR) is 49.8 cm³/mol. The molecule has 5 heteroatoms. The molecule has 13 heavy (non-hydrogen) atoms. The van der Waals surface area contributed by atoms with Crippen molar-refractivity contribution in [2.75, 3.05) is 0 Å². The summed E-state index contributed by atoms with van der Waals surface area (Å²) in [6.45, 7) is 1.95. The third kappa shape index (κ3) is 1.38. The van der Waals surface area contributed by atoms with E-state index in [1.165, 1.54) is 11.3 Å². The number of rotatable bonds is 1. The molecule has 4 nitrogen and oxygen atoms in total. The Morgan fingerprint density at radius 1 is 1.54 bits per heavy atom. The zero-order valence-electron chi connectivity index (χ0n) is 7.06. The van der Waals surface area contributed by atoms with Crippen molar-refractivity contribution in [3.05, 3.63) is 34.2 Å². The summed E-state index contributed by atoms with van der Waals surface area (Å²) < 4.78 is 1.76. The molecule has 0 aliphatic heterocycles. The van der Waals surface area contributed by atoms with Gasteiger partial charge in [-0.1, -0.05) is 0 Å². The van der Waals surface area contributed by atoms with Gasteiger partial charge in [0.25, 0.3) is 0 Å². The van der Waals surface area contributed by atoms with Crippen LogP contribution >= 0.6 is 11.3 Å². The number of aryl methyl sites for hydroxylation is 1. The second-order valence-electron chi connectivity index (χ2n) is 2.60. The van der Waals surface area contributed by atoms with Gasteiger partial charge in [-0.05, 0) is 19.1 Å². The van der Waals surface area contributed by atoms with E-state index in [2.05, 4.69) is 10.2 Å². The largest absolute Gasteiger partial charge is 0.275 e. The van der Waals surface area contributed by atoms with Gasteiger partial charge in [-0.3, -0.25) is 9.98 Å². The quantitative estimate of drug-likeness (QED) is 0.736. The molecule has 0 atom stereocenters. The minimum Gasteiger partial charge on any atom is -0.275 e. The summed E-state index contributed by atoms with van der Waals surface area (Å²) in [4.78, 5) is 0.470. The molecule has 0 amide bonds. The molecule has 2 aromatic heterocycles. The third-order valence-electron chi connectivity index (χ3n) is 1.68. The average Bonchev–Trinajstić information content (AvgIpc) is 2.48. The Hall–Kier alpha value is -1.49. The van der Waals surface area contributed by atoms with Crippen molar-refractivity contribution in [1.29, 1.82) is 5.41 Å². The molecule has 0 spiro atoms. The van der Waals surface area contributed by atoms with Gasteiger partial charge in [0.05, 0.1) is 0 Å². The normalized spacial score (nSPS) is 10.2. The van der Waals surface area contributed by atoms with Crippen molar-refractivity contribution in [3.8, 4) is 5.82 Å². The smallest absolute Gasteiger partial charge is 0.187 e. The first-order valence-electron chi connectivity index (χ1n) is 3.79. The molecule has 0 saturated carbocycles. The Bertz CT molecular complexity index is 456. The Balaban J connectivity index is 2.65. The standard InChI is InChI=1S/C8H8N4S/c1-6-5-13-8(9)12(6)7-3-2-4-10-11-7/h2-5,9H,1H3. The average molecular weight is 192 g/mol. The van der Waals surface area contributed by atoms with Gasteiger partial charge in [0.2, 0.25) is 0 Å². The number of hydrogen-bond acceptors (Lipinski definition) is 4. The first kappa shape index (κ1) is 8.12. The van der Waals surface area contributed by atoms with Crippen LogP contribution in [-0.4, -0.2) is 14.8 Å². The number of thiazole rings is 1. The summed E-state index contributed by atoms with van der Waals surface area (Å²) in [6.07, 6.45) is 1.62. The van der Waals surface area contributed by atoms with Crippen molar-refractivity contribution < 1.29 is 0 Å². The van der Waals surface area contributed by atoms with Crippen LogP contribution in [-0.2, 0) is 0 Å². The third-order valence-corrected chi connectivity index (χ3v) is 2.55. The minimum absolute atomic E-state index is 0.470. The highest BCUT2D eigenvalue weighted by molar-refractivity contribution is 7.07. The number of nitrogens with one attached hydrogen (secondary N) is 1. The van der Waals surface area contributed by atoms with Gasteiger partial charge < -0.3 is 0 Å². The number of aromatic nitrogens is 3. The SMILES string of the molecule is Cc1csc(=N)n1-c1cccnn1. The second kappa shape index (κ2) is 3.10. The first-order valence-corrected chi connectivity index (χ1v) is 4.67. The van der Waals surface area contributed by atoms with Crippen LogP contribution in [0.25, 0.3) is 5.82 Å². The van der Waals surface area contributed by atoms with Crippen LogP contribution in [0.5, 0.6) is 0 Å². The van der Waals surface area contributed by atoms with E-state index >= 15 is 0 Å². The molecular weight excluding hydrogens is 184 g/mol. The van der Waals surface area contributed by atoms with Crippen molar-refractivity contribution in [2.45, 2.75) is 6.92 Å². The highest BCUT2D eigenvalue weighted by atomic mass is 32.1. The van der Waals surface area contributed by atoms with E-state index in [0.29, 0.717) is 10.6 Å². The fourth-order valence-corrected chi connectivity index (χ4v) is 1.83. The lowest BCUT2D eigenvalue weighted by atomic mass is 10.5. The number of hydrogen-bond donors (Lipinski definition) is 1. The van der Waals surface area contributed by atoms with Crippen LogP contribution in [0, 0.1) is 12.3 Å². The van der Waals surface area contributed by atoms with E-state index < -0.39 is 0 Å². The minimum atomic E-state index is 0.470. The van der Waals surface area contributed by atoms with Gasteiger partial charge in [0.1, 0.15) is 0 Å². The topological polar surface area (TPSA) is 54.6 Å². The van der Waals surface area contributed by atoms with Crippen LogP contribution in [0.3, 0.4) is 0 Å². The summed E-state index contributed by atoms with van der Waals surface area (Å²) in [7, 11) is 0. The van der Waals surface area contributed by atoms with Crippen LogP contribution in [0.15, 0.2) is 23.7 Å². The Labute approximate surface area is 79.0 Å². The first-order chi connectivity index (χ1) is 6.29. The summed E-state index contributed by atoms with van der Waals surface area (Å²) in [5, 5.41) is 17.3. The van der Waals surface area contributed by atoms with E-state index in [1.54, 1.807) is 10.8 Å². The molecule has 2 rings (SSSR count). The summed E-state index contributed by atoms with van der Waals surface area (Å²) in [5.74, 6) is 0.700. The molecule has 66 valence electrons. The van der Waals surface area contributed by atoms with Crippen molar-refractivity contribution in [3.63, 3.8) is 0 Å². The Morgan fingerprint density at radius 3 is 2.92 bits per heavy atom. The highest BCUT2D eigenvalue weighted by Gasteiger charge is 2.02. The monoisotopic (exact) mass is 192 g/mol. The lowest BCUT2D eigenvalue weighted by molar-refractivity contribution is 0.854. The molecule has 0 fully saturated rings. The van der Waals surface area contributed by atoms with E-state index in [9.17, 15) is 0 Å². The maximum atomic E-state index is 7.64. The molecule has 0 aliphatic carbocycles. The van der Waals surface area contributed by atoms with Gasteiger partial charge in [-0.2, -0.15) is 5.10 Å². The molecule has 0 unspecified atom stereocenters. The molecular formula is C8H8N4S. The molecule has 2 heterocycles. The summed E-state index contributed by atoms with van der Waals surface area (Å²) in [6, 6.07) is 3.65. The van der Waals surface area contributed by atoms with E-state index in [-0.39, 0.29) is 0 Å². The van der Waals surface area contributed by atoms with Crippen LogP contribution in [0.4, 0.5) is 0 Å². The Morgan fingerprint density at radius 2 is 2.38 bits per heavy atom. The van der Waals surface area contributed by atoms with Crippen LogP contribution in [0.1, 0.15) is 5.69 Å². The van der Waals surface area contributed by atoms with Gasteiger partial charge in [-0.15, -0.1) is 16.4 Å². The lowest BCUT2D eigenvalue weighted by Gasteiger charge is -2.01. The van der Waals surface area contributed by atoms with Gasteiger partial charge in [-0.25, -0.2) is 0 Å². The zero-order chi connectivity index (χ0) is 9.26. The molecule has 0 radical (unpaired) electrons. The van der Waals surface area contributed by atoms with Crippen molar-refractivity contribution in [2.24, 2.45) is 0 Å². The highest BCUT2D eigenvalue weighted by Crippen LogP contribution is 2.05. The van der Waals surface area contributed by atoms with Gasteiger partial charge in [0.15, 0.2) is 10.6 Å². The fourth-order valence-electron chi connectivity index (χ4n) is 1.10. The molecule has 0 aliphatic rings. The van der Waals surface area contributed by atoms with Crippen LogP contribution < -0.4 is 4.80 Å². The van der Waals surface area contributed by atoms with E-state index in [0.717, 1.165) is 5.69 Å². The zero-order valence-corrected chi connectivity index (χ0v) is 7.88. The molecule has 0 aromatic carbocycles. The number of nitrogens with zero attached hydrogens (tertiary/aromatic N) is 3. The molecule has 2 aromatic rings. The summed E-state index contributed by atoms with van der Waals surface area (Å²) in [5.41, 5.74) is 1.01. The maximum Gasteiger partial charge on any atom is 0.187 e. The predicted octanol–water partition coefficient (Wildman–Crippen LogP) is 1.12. The van der Waals surface area contributed by atoms with E-state index in [1.807, 2.05) is 24.4 Å². The second-order valence-corrected chi connectivity index (χ2v) is 3.46. The molecule has 0 saturated heterocycles. The maximum absolute atomic E-state index is 7.64. The van der Waals surface area contributed by atoms with Crippen molar-refractivity contribution in [1.82, 2.24) is 14.8 Å². The Kier molecular flexibility index (Phi) is 1.94. The van der Waals surface area contributed by atoms with Gasteiger partial charge in [0, 0.05) is 17.3 Å².